The van der Waals surface area contributed by atoms with Gasteiger partial charge in [0.15, 0.2) is 5.82 Å². The zero-order chi connectivity index (χ0) is 23.0. The summed E-state index contributed by atoms with van der Waals surface area (Å²) < 4.78 is 27.9. The van der Waals surface area contributed by atoms with Gasteiger partial charge in [-0.1, -0.05) is 77.9 Å². The highest BCUT2D eigenvalue weighted by molar-refractivity contribution is 6.15. The highest BCUT2D eigenvalue weighted by Gasteiger charge is 2.27. The number of halogens is 2. The molecule has 0 amide bonds. The molecule has 0 spiro atoms. The summed E-state index contributed by atoms with van der Waals surface area (Å²) in [6.07, 6.45) is 0. The van der Waals surface area contributed by atoms with Crippen molar-refractivity contribution in [2.45, 2.75) is 52.4 Å². The summed E-state index contributed by atoms with van der Waals surface area (Å²) >= 11 is 0. The Hall–Kier alpha value is -3.01. The number of aliphatic imine (C=N–C) groups is 1. The zero-order valence-electron chi connectivity index (χ0n) is 18.9. The molecule has 0 aliphatic carbocycles. The second kappa shape index (κ2) is 8.26. The fourth-order valence-electron chi connectivity index (χ4n) is 3.39. The first kappa shape index (κ1) is 22.7. The summed E-state index contributed by atoms with van der Waals surface area (Å²) in [5.41, 5.74) is 3.03. The first-order valence-corrected chi connectivity index (χ1v) is 10.4. The van der Waals surface area contributed by atoms with Crippen LogP contribution in [0.1, 0.15) is 63.8 Å². The molecule has 0 saturated heterocycles. The maximum Gasteiger partial charge on any atom is 0.151 e. The number of benzene rings is 3. The smallest absolute Gasteiger partial charge is 0.151 e. The van der Waals surface area contributed by atoms with Crippen LogP contribution >= 0.6 is 0 Å². The van der Waals surface area contributed by atoms with Crippen molar-refractivity contribution in [3.8, 4) is 5.75 Å². The number of rotatable bonds is 3. The molecule has 31 heavy (non-hydrogen) atoms. The second-order valence-electron chi connectivity index (χ2n) is 9.84. The predicted octanol–water partition coefficient (Wildman–Crippen LogP) is 7.43. The highest BCUT2D eigenvalue weighted by Crippen LogP contribution is 2.39. The van der Waals surface area contributed by atoms with Crippen LogP contribution in [-0.2, 0) is 10.8 Å². The second-order valence-corrected chi connectivity index (χ2v) is 9.84. The molecule has 4 heteroatoms. The van der Waals surface area contributed by atoms with E-state index in [1.807, 2.05) is 63.2 Å². The van der Waals surface area contributed by atoms with Crippen LogP contribution in [0.4, 0.5) is 14.5 Å². The lowest BCUT2D eigenvalue weighted by molar-refractivity contribution is 0.443. The Morgan fingerprint density at radius 2 is 1.45 bits per heavy atom. The van der Waals surface area contributed by atoms with Gasteiger partial charge in [-0.3, -0.25) is 0 Å². The molecule has 0 fully saturated rings. The molecule has 0 aliphatic heterocycles. The third-order valence-electron chi connectivity index (χ3n) is 5.23. The quantitative estimate of drug-likeness (QED) is 0.438. The van der Waals surface area contributed by atoms with Crippen LogP contribution in [0.3, 0.4) is 0 Å². The van der Waals surface area contributed by atoms with Gasteiger partial charge >= 0.3 is 0 Å². The van der Waals surface area contributed by atoms with E-state index < -0.39 is 11.6 Å². The van der Waals surface area contributed by atoms with Gasteiger partial charge in [-0.15, -0.1) is 0 Å². The van der Waals surface area contributed by atoms with Crippen LogP contribution in [0.15, 0.2) is 65.7 Å². The van der Waals surface area contributed by atoms with Gasteiger partial charge in [0.25, 0.3) is 0 Å². The van der Waals surface area contributed by atoms with Crippen molar-refractivity contribution in [2.75, 3.05) is 0 Å². The zero-order valence-corrected chi connectivity index (χ0v) is 18.9. The summed E-state index contributed by atoms with van der Waals surface area (Å²) in [5.74, 6) is -1.30. The van der Waals surface area contributed by atoms with Gasteiger partial charge in [0.05, 0.1) is 11.4 Å². The summed E-state index contributed by atoms with van der Waals surface area (Å²) in [7, 11) is 0. The van der Waals surface area contributed by atoms with Gasteiger partial charge in [0, 0.05) is 22.8 Å². The largest absolute Gasteiger partial charge is 0.507 e. The Kier molecular flexibility index (Phi) is 6.04. The van der Waals surface area contributed by atoms with E-state index in [0.717, 1.165) is 22.8 Å². The van der Waals surface area contributed by atoms with Gasteiger partial charge in [-0.05, 0) is 34.6 Å². The Bertz CT molecular complexity index is 1120. The van der Waals surface area contributed by atoms with E-state index in [1.165, 1.54) is 12.1 Å². The molecule has 0 aliphatic rings. The molecule has 0 heterocycles. The lowest BCUT2D eigenvalue weighted by atomic mass is 9.78. The number of hydrogen-bond acceptors (Lipinski definition) is 2. The third-order valence-corrected chi connectivity index (χ3v) is 5.23. The van der Waals surface area contributed by atoms with Crippen molar-refractivity contribution in [1.29, 1.82) is 0 Å². The molecular formula is C27H29F2NO. The fraction of sp³-hybridized carbons (Fsp3) is 0.296. The van der Waals surface area contributed by atoms with Crippen LogP contribution < -0.4 is 0 Å². The Labute approximate surface area is 183 Å². The van der Waals surface area contributed by atoms with E-state index in [1.54, 1.807) is 0 Å². The van der Waals surface area contributed by atoms with E-state index in [0.29, 0.717) is 11.3 Å². The number of phenolic OH excluding ortho intramolecular Hbond substituents is 1. The number of phenols is 1. The lowest BCUT2D eigenvalue weighted by Crippen LogP contribution is -2.19. The molecule has 0 radical (unpaired) electrons. The molecule has 0 unspecified atom stereocenters. The Morgan fingerprint density at radius 1 is 0.806 bits per heavy atom. The first-order valence-electron chi connectivity index (χ1n) is 10.4. The maximum atomic E-state index is 14.5. The summed E-state index contributed by atoms with van der Waals surface area (Å²) in [6.45, 7) is 12.4. The van der Waals surface area contributed by atoms with E-state index in [4.69, 9.17) is 0 Å². The van der Waals surface area contributed by atoms with Gasteiger partial charge in [0.2, 0.25) is 0 Å². The summed E-state index contributed by atoms with van der Waals surface area (Å²) in [6, 6.07) is 16.6. The van der Waals surface area contributed by atoms with E-state index in [9.17, 15) is 13.9 Å². The van der Waals surface area contributed by atoms with Crippen LogP contribution in [-0.4, -0.2) is 10.8 Å². The van der Waals surface area contributed by atoms with Gasteiger partial charge in [-0.25, -0.2) is 13.8 Å². The Balaban J connectivity index is 2.38. The Morgan fingerprint density at radius 3 is 2.00 bits per heavy atom. The molecule has 0 bridgehead atoms. The fourth-order valence-corrected chi connectivity index (χ4v) is 3.39. The van der Waals surface area contributed by atoms with Crippen molar-refractivity contribution in [3.05, 3.63) is 94.6 Å². The van der Waals surface area contributed by atoms with E-state index >= 15 is 0 Å². The van der Waals surface area contributed by atoms with Gasteiger partial charge in [-0.2, -0.15) is 0 Å². The SMILES string of the molecule is CC(C)(C)c1cc(C(=Nc2ccc(F)cc2F)c2ccccc2)c(O)c(C(C)(C)C)c1. The predicted molar refractivity (Wildman–Crippen MR) is 124 cm³/mol. The molecule has 2 nitrogen and oxygen atoms in total. The van der Waals surface area contributed by atoms with Crippen LogP contribution in [0.5, 0.6) is 5.75 Å². The van der Waals surface area contributed by atoms with Crippen molar-refractivity contribution >= 4 is 11.4 Å². The standard InChI is InChI=1S/C27H29F2NO/c1-26(2,3)18-14-20(25(31)21(15-18)27(4,5)6)24(17-10-8-7-9-11-17)30-23-13-12-19(28)16-22(23)29/h7-16,31H,1-6H3. The van der Waals surface area contributed by atoms with Gasteiger partial charge in [0.1, 0.15) is 11.6 Å². The molecule has 0 atom stereocenters. The normalized spacial score (nSPS) is 12.8. The summed E-state index contributed by atoms with van der Waals surface area (Å²) in [5, 5.41) is 11.3. The maximum absolute atomic E-state index is 14.5. The summed E-state index contributed by atoms with van der Waals surface area (Å²) in [4.78, 5) is 4.56. The average molecular weight is 422 g/mol. The van der Waals surface area contributed by atoms with Crippen LogP contribution in [0.25, 0.3) is 0 Å². The molecule has 3 aromatic carbocycles. The molecule has 1 N–H and O–H groups in total. The van der Waals surface area contributed by atoms with Crippen LogP contribution in [0, 0.1) is 11.6 Å². The van der Waals surface area contributed by atoms with E-state index in [-0.39, 0.29) is 22.3 Å². The van der Waals surface area contributed by atoms with Crippen molar-refractivity contribution in [1.82, 2.24) is 0 Å². The monoisotopic (exact) mass is 421 g/mol. The average Bonchev–Trinajstić information content (AvgIpc) is 2.67. The van der Waals surface area contributed by atoms with E-state index in [2.05, 4.69) is 25.8 Å². The van der Waals surface area contributed by atoms with Gasteiger partial charge < -0.3 is 5.11 Å². The van der Waals surface area contributed by atoms with Crippen molar-refractivity contribution < 1.29 is 13.9 Å². The first-order chi connectivity index (χ1) is 14.4. The lowest BCUT2D eigenvalue weighted by Gasteiger charge is -2.28. The third kappa shape index (κ3) is 5.01. The molecule has 3 rings (SSSR count). The number of hydrogen-bond donors (Lipinski definition) is 1. The van der Waals surface area contributed by atoms with Crippen molar-refractivity contribution in [2.24, 2.45) is 4.99 Å². The highest BCUT2D eigenvalue weighted by atomic mass is 19.1. The molecule has 0 saturated carbocycles. The minimum Gasteiger partial charge on any atom is -0.507 e. The minimum absolute atomic E-state index is 0.0122. The molecule has 3 aromatic rings. The number of nitrogens with zero attached hydrogens (tertiary/aromatic N) is 1. The molecule has 0 aromatic heterocycles. The van der Waals surface area contributed by atoms with Crippen LogP contribution in [0.2, 0.25) is 0 Å². The van der Waals surface area contributed by atoms with Crippen molar-refractivity contribution in [3.63, 3.8) is 0 Å². The molecule has 162 valence electrons. The molecular weight excluding hydrogens is 392 g/mol. The minimum atomic E-state index is -0.754. The number of aromatic hydroxyl groups is 1. The topological polar surface area (TPSA) is 32.6 Å².